The average molecular weight is 307 g/mol. The van der Waals surface area contributed by atoms with Crippen molar-refractivity contribution >= 4 is 8.19 Å². The van der Waals surface area contributed by atoms with Crippen LogP contribution in [0.1, 0.15) is 29.4 Å². The molecule has 0 aliphatic rings. The zero-order valence-electron chi connectivity index (χ0n) is 11.8. The van der Waals surface area contributed by atoms with E-state index in [1.54, 1.807) is 0 Å². The van der Waals surface area contributed by atoms with Crippen molar-refractivity contribution in [1.82, 2.24) is 0 Å². The first kappa shape index (κ1) is 22.8. The summed E-state index contributed by atoms with van der Waals surface area (Å²) in [7, 11) is 0.708. The number of hydrogen-bond acceptors (Lipinski definition) is 1. The van der Waals surface area contributed by atoms with Crippen molar-refractivity contribution in [1.29, 1.82) is 0 Å². The van der Waals surface area contributed by atoms with Crippen molar-refractivity contribution in [3.05, 3.63) is 67.4 Å². The second-order valence-corrected chi connectivity index (χ2v) is 4.76. The van der Waals surface area contributed by atoms with Crippen molar-refractivity contribution in [2.45, 2.75) is 26.9 Å². The van der Waals surface area contributed by atoms with E-state index in [4.69, 9.17) is 0 Å². The van der Waals surface area contributed by atoms with Crippen molar-refractivity contribution < 1.29 is 22.2 Å². The summed E-state index contributed by atoms with van der Waals surface area (Å²) in [5.74, 6) is 2.19. The van der Waals surface area contributed by atoms with Gasteiger partial charge in [-0.25, -0.2) is 12.1 Å². The molecule has 1 nitrogen and oxygen atoms in total. The van der Waals surface area contributed by atoms with Crippen LogP contribution in [0.4, 0.5) is 0 Å². The first-order valence-corrected chi connectivity index (χ1v) is 6.20. The molecule has 1 heterocycles. The molecule has 2 rings (SSSR count). The van der Waals surface area contributed by atoms with Gasteiger partial charge in [0, 0.05) is 0 Å². The van der Waals surface area contributed by atoms with Gasteiger partial charge in [0.15, 0.2) is 0 Å². The first-order valence-electron chi connectivity index (χ1n) is 5.12. The number of rotatable bonds is 1. The molecule has 18 heavy (non-hydrogen) atoms. The normalized spacial score (nSPS) is 10.2. The third-order valence-corrected chi connectivity index (χ3v) is 4.09. The maximum atomic E-state index is 9.26. The quantitative estimate of drug-likeness (QED) is 0.598. The molecular formula is C15H24FeOP-. The molecule has 2 atom stereocenters. The standard InChI is InChI=1S/C8H13OP.C5H5.2CH3.Fe/c1-5-4-10-8(6(5)2)7(3)9;1-2-4-5-3-1;;;/h4,7,9-10H,1-3H3;1-5H;2*1H3;/q;3*-1;+2/t7-;;;;/m0..../s1. The number of hydrogen-bond donors (Lipinski definition) is 1. The van der Waals surface area contributed by atoms with E-state index in [2.05, 4.69) is 19.6 Å². The molecule has 3 heteroatoms. The molecule has 104 valence electrons. The van der Waals surface area contributed by atoms with Crippen molar-refractivity contribution in [3.63, 3.8) is 0 Å². The van der Waals surface area contributed by atoms with Gasteiger partial charge in [-0.1, -0.05) is 0 Å². The Morgan fingerprint density at radius 3 is 1.83 bits per heavy atom. The van der Waals surface area contributed by atoms with E-state index in [-0.39, 0.29) is 38.0 Å². The van der Waals surface area contributed by atoms with Crippen LogP contribution in [0.25, 0.3) is 0 Å². The molecule has 0 saturated carbocycles. The Labute approximate surface area is 125 Å². The molecule has 0 aliphatic heterocycles. The Balaban J connectivity index is -0.000000245. The second-order valence-electron chi connectivity index (χ2n) is 3.65. The first-order chi connectivity index (χ1) is 7.13. The maximum Gasteiger partial charge on any atom is 2.00 e. The van der Waals surface area contributed by atoms with Crippen LogP contribution in [0, 0.1) is 28.7 Å². The van der Waals surface area contributed by atoms with Crippen molar-refractivity contribution in [3.8, 4) is 0 Å². The Hall–Kier alpha value is -0.391. The smallest absolute Gasteiger partial charge is 0.388 e. The molecule has 1 aromatic carbocycles. The SMILES string of the molecule is Cc1c[pH]c([C@H](C)O)c1C.[CH3-].[CH3-].[Fe+2].c1cc[cH-]c1. The Morgan fingerprint density at radius 1 is 1.17 bits per heavy atom. The Bertz CT molecular complexity index is 360. The van der Waals surface area contributed by atoms with Gasteiger partial charge < -0.3 is 20.0 Å². The van der Waals surface area contributed by atoms with Crippen molar-refractivity contribution in [2.24, 2.45) is 0 Å². The van der Waals surface area contributed by atoms with E-state index in [0.29, 0.717) is 8.19 Å². The fourth-order valence-electron chi connectivity index (χ4n) is 1.37. The predicted octanol–water partition coefficient (Wildman–Crippen LogP) is 4.69. The minimum Gasteiger partial charge on any atom is -0.388 e. The summed E-state index contributed by atoms with van der Waals surface area (Å²) in [6.07, 6.45) is -0.257. The molecule has 1 aromatic heterocycles. The van der Waals surface area contributed by atoms with Crippen LogP contribution in [0.15, 0.2) is 36.1 Å². The maximum absolute atomic E-state index is 9.26. The molecular weight excluding hydrogens is 283 g/mol. The number of aliphatic hydroxyl groups excluding tert-OH is 1. The van der Waals surface area contributed by atoms with Gasteiger partial charge in [0.25, 0.3) is 0 Å². The second kappa shape index (κ2) is 11.7. The van der Waals surface area contributed by atoms with Crippen LogP contribution < -0.4 is 0 Å². The molecule has 0 saturated heterocycles. The fraction of sp³-hybridized carbons (Fsp3) is 0.267. The van der Waals surface area contributed by atoms with Gasteiger partial charge in [0.2, 0.25) is 0 Å². The van der Waals surface area contributed by atoms with E-state index < -0.39 is 0 Å². The van der Waals surface area contributed by atoms with Gasteiger partial charge in [-0.05, 0) is 43.0 Å². The van der Waals surface area contributed by atoms with E-state index in [1.165, 1.54) is 16.4 Å². The number of aryl methyl sites for hydroxylation is 1. The van der Waals surface area contributed by atoms with Crippen LogP contribution in [0.2, 0.25) is 0 Å². The van der Waals surface area contributed by atoms with Crippen LogP contribution in [-0.4, -0.2) is 5.11 Å². The molecule has 1 N–H and O–H groups in total. The summed E-state index contributed by atoms with van der Waals surface area (Å²) < 4.78 is 0. The molecule has 0 amide bonds. The van der Waals surface area contributed by atoms with Gasteiger partial charge in [-0.2, -0.15) is 18.2 Å². The van der Waals surface area contributed by atoms with E-state index in [0.717, 1.165) is 0 Å². The largest absolute Gasteiger partial charge is 2.00 e. The molecule has 0 fully saturated rings. The van der Waals surface area contributed by atoms with E-state index >= 15 is 0 Å². The third-order valence-electron chi connectivity index (χ3n) is 2.41. The van der Waals surface area contributed by atoms with Crippen LogP contribution in [0.5, 0.6) is 0 Å². The number of aliphatic hydroxyl groups is 1. The van der Waals surface area contributed by atoms with Crippen LogP contribution in [-0.2, 0) is 17.1 Å². The molecule has 1 unspecified atom stereocenters. The summed E-state index contributed by atoms with van der Waals surface area (Å²) in [5, 5.41) is 10.5. The Morgan fingerprint density at radius 2 is 1.67 bits per heavy atom. The molecule has 0 aliphatic carbocycles. The third kappa shape index (κ3) is 7.13. The summed E-state index contributed by atoms with van der Waals surface area (Å²) in [4.78, 5) is 0. The predicted molar refractivity (Wildman–Crippen MR) is 80.9 cm³/mol. The summed E-state index contributed by atoms with van der Waals surface area (Å²) in [5.41, 5.74) is 2.61. The van der Waals surface area contributed by atoms with E-state index in [9.17, 15) is 5.11 Å². The van der Waals surface area contributed by atoms with Gasteiger partial charge in [0.1, 0.15) is 0 Å². The zero-order valence-corrected chi connectivity index (χ0v) is 13.9. The van der Waals surface area contributed by atoms with Crippen molar-refractivity contribution in [2.75, 3.05) is 0 Å². The molecule has 0 radical (unpaired) electrons. The fourth-order valence-corrected chi connectivity index (χ4v) is 2.61. The average Bonchev–Trinajstić information content (AvgIpc) is 2.81. The summed E-state index contributed by atoms with van der Waals surface area (Å²) in [6.45, 7) is 6.00. The van der Waals surface area contributed by atoms with E-state index in [1.807, 2.05) is 37.3 Å². The minimum absolute atomic E-state index is 0. The van der Waals surface area contributed by atoms with Gasteiger partial charge in [-0.3, -0.25) is 0 Å². The summed E-state index contributed by atoms with van der Waals surface area (Å²) in [6, 6.07) is 10.0. The topological polar surface area (TPSA) is 20.2 Å². The monoisotopic (exact) mass is 307 g/mol. The minimum atomic E-state index is -0.257. The van der Waals surface area contributed by atoms with Gasteiger partial charge in [-0.15, -0.1) is 8.19 Å². The summed E-state index contributed by atoms with van der Waals surface area (Å²) >= 11 is 0. The molecule has 2 aromatic rings. The molecule has 0 spiro atoms. The van der Waals surface area contributed by atoms with Crippen LogP contribution >= 0.6 is 8.19 Å². The van der Waals surface area contributed by atoms with Crippen LogP contribution in [0.3, 0.4) is 0 Å². The molecule has 0 bridgehead atoms. The van der Waals surface area contributed by atoms with Gasteiger partial charge in [0.05, 0.1) is 6.10 Å². The van der Waals surface area contributed by atoms with Gasteiger partial charge >= 0.3 is 17.1 Å². The Kier molecular flexibility index (Phi) is 14.8. The zero-order chi connectivity index (χ0) is 11.3.